The van der Waals surface area contributed by atoms with Gasteiger partial charge in [-0.2, -0.15) is 5.06 Å². The molecule has 0 atom stereocenters. The van der Waals surface area contributed by atoms with Crippen molar-refractivity contribution >= 4 is 0 Å². The Balaban J connectivity index is 2.24. The molecule has 1 aromatic rings. The third kappa shape index (κ3) is 2.45. The highest BCUT2D eigenvalue weighted by Crippen LogP contribution is 2.36. The molecule has 0 aromatic carbocycles. The summed E-state index contributed by atoms with van der Waals surface area (Å²) >= 11 is 0. The van der Waals surface area contributed by atoms with E-state index in [1.165, 1.54) is 16.2 Å². The SMILES string of the molecule is CC1(C)C=C(Cc2ccoc2)CC(C)(C)N1O. The lowest BCUT2D eigenvalue weighted by atomic mass is 9.81. The lowest BCUT2D eigenvalue weighted by Crippen LogP contribution is -2.55. The van der Waals surface area contributed by atoms with E-state index in [0.29, 0.717) is 0 Å². The molecule has 94 valence electrons. The van der Waals surface area contributed by atoms with E-state index < -0.39 is 0 Å². The molecular weight excluding hydrogens is 214 g/mol. The number of rotatable bonds is 2. The van der Waals surface area contributed by atoms with Crippen LogP contribution >= 0.6 is 0 Å². The molecule has 0 spiro atoms. The van der Waals surface area contributed by atoms with E-state index in [4.69, 9.17) is 4.42 Å². The Morgan fingerprint density at radius 1 is 1.35 bits per heavy atom. The summed E-state index contributed by atoms with van der Waals surface area (Å²) in [6, 6.07) is 1.99. The maximum Gasteiger partial charge on any atom is 0.0937 e. The average molecular weight is 235 g/mol. The minimum atomic E-state index is -0.319. The average Bonchev–Trinajstić information content (AvgIpc) is 2.65. The molecule has 1 N–H and O–H groups in total. The van der Waals surface area contributed by atoms with Crippen LogP contribution < -0.4 is 0 Å². The van der Waals surface area contributed by atoms with Gasteiger partial charge in [-0.25, -0.2) is 0 Å². The van der Waals surface area contributed by atoms with Gasteiger partial charge < -0.3 is 9.62 Å². The van der Waals surface area contributed by atoms with Crippen molar-refractivity contribution in [3.63, 3.8) is 0 Å². The zero-order valence-corrected chi connectivity index (χ0v) is 11.0. The van der Waals surface area contributed by atoms with Gasteiger partial charge in [0.25, 0.3) is 0 Å². The molecule has 1 aromatic heterocycles. The first-order chi connectivity index (χ1) is 7.81. The maximum absolute atomic E-state index is 10.2. The summed E-state index contributed by atoms with van der Waals surface area (Å²) in [7, 11) is 0. The quantitative estimate of drug-likeness (QED) is 0.798. The molecule has 2 rings (SSSR count). The molecule has 17 heavy (non-hydrogen) atoms. The van der Waals surface area contributed by atoms with Crippen molar-refractivity contribution in [3.8, 4) is 0 Å². The lowest BCUT2D eigenvalue weighted by molar-refractivity contribution is -0.214. The molecular formula is C14H21NO2. The van der Waals surface area contributed by atoms with Gasteiger partial charge in [0.1, 0.15) is 0 Å². The second-order valence-electron chi connectivity index (χ2n) is 6.07. The summed E-state index contributed by atoms with van der Waals surface area (Å²) in [5, 5.41) is 11.6. The van der Waals surface area contributed by atoms with Crippen molar-refractivity contribution < 1.29 is 9.62 Å². The molecule has 0 aliphatic carbocycles. The number of nitrogens with zero attached hydrogens (tertiary/aromatic N) is 1. The first-order valence-corrected chi connectivity index (χ1v) is 6.02. The fourth-order valence-corrected chi connectivity index (χ4v) is 2.79. The van der Waals surface area contributed by atoms with Crippen LogP contribution in [0.15, 0.2) is 34.7 Å². The zero-order chi connectivity index (χ0) is 12.7. The smallest absolute Gasteiger partial charge is 0.0937 e. The van der Waals surface area contributed by atoms with Gasteiger partial charge in [-0.05, 0) is 52.2 Å². The first kappa shape index (κ1) is 12.4. The van der Waals surface area contributed by atoms with Crippen LogP contribution in [-0.2, 0) is 6.42 Å². The molecule has 3 nitrogen and oxygen atoms in total. The molecule has 0 unspecified atom stereocenters. The monoisotopic (exact) mass is 235 g/mol. The van der Waals surface area contributed by atoms with Crippen LogP contribution in [0.3, 0.4) is 0 Å². The van der Waals surface area contributed by atoms with E-state index in [9.17, 15) is 5.21 Å². The third-order valence-electron chi connectivity index (χ3n) is 3.35. The Labute approximate surface area is 103 Å². The highest BCUT2D eigenvalue weighted by atomic mass is 16.5. The fourth-order valence-electron chi connectivity index (χ4n) is 2.79. The summed E-state index contributed by atoms with van der Waals surface area (Å²) < 4.78 is 5.09. The highest BCUT2D eigenvalue weighted by Gasteiger charge is 2.40. The Hall–Kier alpha value is -1.06. The van der Waals surface area contributed by atoms with Crippen molar-refractivity contribution in [1.29, 1.82) is 0 Å². The number of hydrogen-bond acceptors (Lipinski definition) is 3. The molecule has 0 bridgehead atoms. The Morgan fingerprint density at radius 2 is 2.06 bits per heavy atom. The fraction of sp³-hybridized carbons (Fsp3) is 0.571. The van der Waals surface area contributed by atoms with Gasteiger partial charge in [0.2, 0.25) is 0 Å². The minimum Gasteiger partial charge on any atom is -0.472 e. The van der Waals surface area contributed by atoms with Gasteiger partial charge in [0.15, 0.2) is 0 Å². The molecule has 2 heterocycles. The van der Waals surface area contributed by atoms with E-state index in [-0.39, 0.29) is 11.1 Å². The third-order valence-corrected chi connectivity index (χ3v) is 3.35. The number of hydrogen-bond donors (Lipinski definition) is 1. The lowest BCUT2D eigenvalue weighted by Gasteiger charge is -2.47. The van der Waals surface area contributed by atoms with Gasteiger partial charge in [-0.1, -0.05) is 11.6 Å². The molecule has 0 fully saturated rings. The molecule has 3 heteroatoms. The maximum atomic E-state index is 10.2. The summed E-state index contributed by atoms with van der Waals surface area (Å²) in [6.07, 6.45) is 7.42. The largest absolute Gasteiger partial charge is 0.472 e. The van der Waals surface area contributed by atoms with Gasteiger partial charge in [-0.3, -0.25) is 0 Å². The zero-order valence-electron chi connectivity index (χ0n) is 11.0. The summed E-state index contributed by atoms with van der Waals surface area (Å²) in [4.78, 5) is 0. The molecule has 0 amide bonds. The van der Waals surface area contributed by atoms with Crippen molar-refractivity contribution in [2.45, 2.75) is 51.6 Å². The number of hydroxylamine groups is 2. The predicted octanol–water partition coefficient (Wildman–Crippen LogP) is 3.40. The summed E-state index contributed by atoms with van der Waals surface area (Å²) in [5.41, 5.74) is 2.00. The van der Waals surface area contributed by atoms with Crippen LogP contribution in [0.25, 0.3) is 0 Å². The van der Waals surface area contributed by atoms with E-state index >= 15 is 0 Å². The summed E-state index contributed by atoms with van der Waals surface area (Å²) in [5.74, 6) is 0. The van der Waals surface area contributed by atoms with E-state index in [1.807, 2.05) is 19.9 Å². The molecule has 1 aliphatic rings. The van der Waals surface area contributed by atoms with Crippen LogP contribution in [0.1, 0.15) is 39.7 Å². The van der Waals surface area contributed by atoms with Crippen molar-refractivity contribution in [1.82, 2.24) is 5.06 Å². The van der Waals surface area contributed by atoms with Gasteiger partial charge in [0.05, 0.1) is 18.1 Å². The van der Waals surface area contributed by atoms with Crippen LogP contribution in [-0.4, -0.2) is 21.3 Å². The second-order valence-corrected chi connectivity index (χ2v) is 6.07. The Bertz CT molecular complexity index is 415. The van der Waals surface area contributed by atoms with Crippen LogP contribution in [0.4, 0.5) is 0 Å². The molecule has 0 saturated carbocycles. The van der Waals surface area contributed by atoms with E-state index in [0.717, 1.165) is 12.8 Å². The van der Waals surface area contributed by atoms with Gasteiger partial charge >= 0.3 is 0 Å². The van der Waals surface area contributed by atoms with Gasteiger partial charge in [0, 0.05) is 5.54 Å². The van der Waals surface area contributed by atoms with Crippen LogP contribution in [0.2, 0.25) is 0 Å². The standard InChI is InChI=1S/C14H21NO2/c1-13(2)8-12(7-11-5-6-17-10-11)9-14(3,4)15(13)16/h5-6,8,10,16H,7,9H2,1-4H3. The van der Waals surface area contributed by atoms with Crippen molar-refractivity contribution in [3.05, 3.63) is 35.8 Å². The molecule has 0 saturated heterocycles. The topological polar surface area (TPSA) is 36.6 Å². The second kappa shape index (κ2) is 4.00. The predicted molar refractivity (Wildman–Crippen MR) is 66.9 cm³/mol. The Kier molecular flexibility index (Phi) is 2.92. The van der Waals surface area contributed by atoms with E-state index in [2.05, 4.69) is 19.9 Å². The van der Waals surface area contributed by atoms with Gasteiger partial charge in [-0.15, -0.1) is 0 Å². The summed E-state index contributed by atoms with van der Waals surface area (Å²) in [6.45, 7) is 8.20. The minimum absolute atomic E-state index is 0.225. The van der Waals surface area contributed by atoms with Crippen molar-refractivity contribution in [2.75, 3.05) is 0 Å². The first-order valence-electron chi connectivity index (χ1n) is 6.02. The number of furan rings is 1. The normalized spacial score (nSPS) is 23.5. The highest BCUT2D eigenvalue weighted by molar-refractivity contribution is 5.25. The van der Waals surface area contributed by atoms with E-state index in [1.54, 1.807) is 12.5 Å². The Morgan fingerprint density at radius 3 is 2.59 bits per heavy atom. The van der Waals surface area contributed by atoms with Crippen LogP contribution in [0, 0.1) is 0 Å². The van der Waals surface area contributed by atoms with Crippen molar-refractivity contribution in [2.24, 2.45) is 0 Å². The molecule has 0 radical (unpaired) electrons. The molecule has 1 aliphatic heterocycles. The van der Waals surface area contributed by atoms with Crippen LogP contribution in [0.5, 0.6) is 0 Å².